The molecule has 1 fully saturated rings. The molecule has 0 radical (unpaired) electrons. The highest BCUT2D eigenvalue weighted by atomic mass is 32.2. The predicted molar refractivity (Wildman–Crippen MR) is 85.1 cm³/mol. The summed E-state index contributed by atoms with van der Waals surface area (Å²) < 4.78 is 26.6. The third-order valence-electron chi connectivity index (χ3n) is 3.98. The van der Waals surface area contributed by atoms with E-state index in [0.717, 1.165) is 25.7 Å². The smallest absolute Gasteiger partial charge is 0.264 e. The minimum atomic E-state index is -3.83. The van der Waals surface area contributed by atoms with Crippen molar-refractivity contribution in [1.82, 2.24) is 24.2 Å². The molecule has 1 aliphatic heterocycles. The van der Waals surface area contributed by atoms with Crippen molar-refractivity contribution in [2.75, 3.05) is 19.6 Å². The summed E-state index contributed by atoms with van der Waals surface area (Å²) in [5.41, 5.74) is 0. The van der Waals surface area contributed by atoms with Gasteiger partial charge >= 0.3 is 0 Å². The van der Waals surface area contributed by atoms with Gasteiger partial charge in [0.15, 0.2) is 0 Å². The molecule has 1 saturated heterocycles. The number of hydrogen-bond acceptors (Lipinski definition) is 5. The van der Waals surface area contributed by atoms with E-state index in [-0.39, 0.29) is 23.5 Å². The fourth-order valence-electron chi connectivity index (χ4n) is 2.66. The molecule has 0 saturated carbocycles. The van der Waals surface area contributed by atoms with Crippen LogP contribution in [0.1, 0.15) is 39.5 Å². The molecule has 0 unspecified atom stereocenters. The number of rotatable bonds is 5. The van der Waals surface area contributed by atoms with Crippen LogP contribution in [0.4, 0.5) is 0 Å². The summed E-state index contributed by atoms with van der Waals surface area (Å²) in [5.74, 6) is -0.145. The van der Waals surface area contributed by atoms with Crippen molar-refractivity contribution >= 4 is 15.9 Å². The zero-order valence-corrected chi connectivity index (χ0v) is 14.8. The van der Waals surface area contributed by atoms with Crippen LogP contribution in [0.2, 0.25) is 0 Å². The maximum Gasteiger partial charge on any atom is 0.264 e. The van der Waals surface area contributed by atoms with Gasteiger partial charge in [0.05, 0.1) is 12.7 Å². The van der Waals surface area contributed by atoms with Crippen molar-refractivity contribution in [3.8, 4) is 0 Å². The first kappa shape index (κ1) is 17.9. The standard InChI is InChI=1S/C14H25N5O3S/c1-12(2)19(23(21,22)13-10-15-17(3)16-13)11-14(20)18-8-6-4-5-7-9-18/h10,12H,4-9,11H2,1-3H3. The van der Waals surface area contributed by atoms with E-state index < -0.39 is 10.0 Å². The lowest BCUT2D eigenvalue weighted by molar-refractivity contribution is -0.131. The van der Waals surface area contributed by atoms with Crippen molar-refractivity contribution in [3.63, 3.8) is 0 Å². The molecule has 1 amide bonds. The Labute approximate surface area is 137 Å². The van der Waals surface area contributed by atoms with Crippen molar-refractivity contribution in [2.24, 2.45) is 7.05 Å². The second-order valence-electron chi connectivity index (χ2n) is 6.11. The molecule has 130 valence electrons. The Morgan fingerprint density at radius 1 is 1.26 bits per heavy atom. The molecule has 0 aromatic carbocycles. The number of hydrogen-bond donors (Lipinski definition) is 0. The highest BCUT2D eigenvalue weighted by molar-refractivity contribution is 7.89. The second-order valence-corrected chi connectivity index (χ2v) is 7.95. The van der Waals surface area contributed by atoms with Gasteiger partial charge in [-0.2, -0.15) is 14.2 Å². The third-order valence-corrected chi connectivity index (χ3v) is 5.86. The van der Waals surface area contributed by atoms with Crippen LogP contribution < -0.4 is 0 Å². The molecule has 23 heavy (non-hydrogen) atoms. The van der Waals surface area contributed by atoms with Crippen LogP contribution in [0.25, 0.3) is 0 Å². The Hall–Kier alpha value is -1.48. The normalized spacial score (nSPS) is 16.8. The van der Waals surface area contributed by atoms with E-state index in [1.807, 2.05) is 0 Å². The molecule has 2 rings (SSSR count). The minimum absolute atomic E-state index is 0.127. The van der Waals surface area contributed by atoms with Gasteiger partial charge in [0.25, 0.3) is 10.0 Å². The van der Waals surface area contributed by atoms with Gasteiger partial charge in [-0.15, -0.1) is 5.10 Å². The van der Waals surface area contributed by atoms with Crippen molar-refractivity contribution < 1.29 is 13.2 Å². The molecule has 0 bridgehead atoms. The van der Waals surface area contributed by atoms with Crippen LogP contribution in [0, 0.1) is 0 Å². The number of nitrogens with zero attached hydrogens (tertiary/aromatic N) is 5. The Bertz CT molecular complexity index is 633. The van der Waals surface area contributed by atoms with E-state index >= 15 is 0 Å². The molecule has 0 spiro atoms. The SMILES string of the molecule is CC(C)N(CC(=O)N1CCCCCC1)S(=O)(=O)c1cnn(C)n1. The molecule has 1 aromatic heterocycles. The van der Waals surface area contributed by atoms with Gasteiger partial charge in [0, 0.05) is 26.2 Å². The van der Waals surface area contributed by atoms with Crippen LogP contribution in [-0.2, 0) is 21.9 Å². The Kier molecular flexibility index (Phi) is 5.74. The van der Waals surface area contributed by atoms with E-state index in [2.05, 4.69) is 10.2 Å². The average Bonchev–Trinajstić information content (AvgIpc) is 2.76. The molecule has 1 aliphatic rings. The van der Waals surface area contributed by atoms with Crippen LogP contribution in [0.5, 0.6) is 0 Å². The summed E-state index contributed by atoms with van der Waals surface area (Å²) in [7, 11) is -2.27. The average molecular weight is 343 g/mol. The first-order chi connectivity index (χ1) is 10.8. The predicted octanol–water partition coefficient (Wildman–Crippen LogP) is 0.617. The summed E-state index contributed by atoms with van der Waals surface area (Å²) in [6.45, 7) is 4.76. The minimum Gasteiger partial charge on any atom is -0.342 e. The molecule has 0 atom stereocenters. The molecule has 0 N–H and O–H groups in total. The Morgan fingerprint density at radius 3 is 2.35 bits per heavy atom. The second kappa shape index (κ2) is 7.39. The highest BCUT2D eigenvalue weighted by Crippen LogP contribution is 2.17. The Balaban J connectivity index is 2.16. The maximum atomic E-state index is 12.7. The highest BCUT2D eigenvalue weighted by Gasteiger charge is 2.32. The van der Waals surface area contributed by atoms with E-state index in [0.29, 0.717) is 13.1 Å². The molecule has 1 aromatic rings. The van der Waals surface area contributed by atoms with Crippen LogP contribution in [0.15, 0.2) is 11.2 Å². The quantitative estimate of drug-likeness (QED) is 0.782. The summed E-state index contributed by atoms with van der Waals surface area (Å²) in [6, 6.07) is -0.335. The van der Waals surface area contributed by atoms with Gasteiger partial charge in [-0.3, -0.25) is 4.79 Å². The van der Waals surface area contributed by atoms with E-state index in [4.69, 9.17) is 0 Å². The van der Waals surface area contributed by atoms with Gasteiger partial charge in [-0.25, -0.2) is 8.42 Å². The van der Waals surface area contributed by atoms with Crippen molar-refractivity contribution in [1.29, 1.82) is 0 Å². The van der Waals surface area contributed by atoms with Gasteiger partial charge < -0.3 is 4.90 Å². The van der Waals surface area contributed by atoms with Crippen molar-refractivity contribution in [2.45, 2.75) is 50.6 Å². The molecule has 2 heterocycles. The summed E-state index contributed by atoms with van der Waals surface area (Å²) >= 11 is 0. The fraction of sp³-hybridized carbons (Fsp3) is 0.786. The van der Waals surface area contributed by atoms with Gasteiger partial charge in [-0.1, -0.05) is 12.8 Å². The zero-order valence-electron chi connectivity index (χ0n) is 14.0. The third kappa shape index (κ3) is 4.29. The van der Waals surface area contributed by atoms with Gasteiger partial charge in [0.2, 0.25) is 10.9 Å². The lowest BCUT2D eigenvalue weighted by Crippen LogP contribution is -2.46. The number of sulfonamides is 1. The summed E-state index contributed by atoms with van der Waals surface area (Å²) in [6.07, 6.45) is 5.40. The number of aryl methyl sites for hydroxylation is 1. The summed E-state index contributed by atoms with van der Waals surface area (Å²) in [5, 5.41) is 7.55. The maximum absolute atomic E-state index is 12.7. The molecule has 0 aliphatic carbocycles. The van der Waals surface area contributed by atoms with Gasteiger partial charge in [-0.05, 0) is 26.7 Å². The number of amides is 1. The monoisotopic (exact) mass is 343 g/mol. The van der Waals surface area contributed by atoms with E-state index in [1.165, 1.54) is 15.3 Å². The first-order valence-electron chi connectivity index (χ1n) is 7.98. The molecule has 8 nitrogen and oxygen atoms in total. The van der Waals surface area contributed by atoms with Crippen molar-refractivity contribution in [3.05, 3.63) is 6.20 Å². The molecular weight excluding hydrogens is 318 g/mol. The Morgan fingerprint density at radius 2 is 1.87 bits per heavy atom. The topological polar surface area (TPSA) is 88.4 Å². The van der Waals surface area contributed by atoms with E-state index in [9.17, 15) is 13.2 Å². The zero-order chi connectivity index (χ0) is 17.0. The summed E-state index contributed by atoms with van der Waals surface area (Å²) in [4.78, 5) is 15.5. The van der Waals surface area contributed by atoms with Crippen LogP contribution >= 0.6 is 0 Å². The molecular formula is C14H25N5O3S. The lowest BCUT2D eigenvalue weighted by atomic mass is 10.2. The van der Waals surface area contributed by atoms with E-state index in [1.54, 1.807) is 25.8 Å². The number of carbonyl (C=O) groups excluding carboxylic acids is 1. The largest absolute Gasteiger partial charge is 0.342 e. The first-order valence-corrected chi connectivity index (χ1v) is 9.42. The number of likely N-dealkylation sites (tertiary alicyclic amines) is 1. The molecule has 9 heteroatoms. The number of aromatic nitrogens is 3. The van der Waals surface area contributed by atoms with Gasteiger partial charge in [0.1, 0.15) is 0 Å². The van der Waals surface area contributed by atoms with Crippen LogP contribution in [0.3, 0.4) is 0 Å². The lowest BCUT2D eigenvalue weighted by Gasteiger charge is -2.28. The fourth-order valence-corrected chi connectivity index (χ4v) is 4.14. The number of carbonyl (C=O) groups is 1. The van der Waals surface area contributed by atoms with Crippen LogP contribution in [-0.4, -0.2) is 64.2 Å².